The first-order valence-corrected chi connectivity index (χ1v) is 9.43. The van der Waals surface area contributed by atoms with Crippen molar-refractivity contribution >= 4 is 5.82 Å². The minimum Gasteiger partial charge on any atom is -0.384 e. The maximum Gasteiger partial charge on any atom is 0.416 e. The van der Waals surface area contributed by atoms with E-state index in [9.17, 15) is 13.2 Å². The van der Waals surface area contributed by atoms with Gasteiger partial charge in [0.2, 0.25) is 0 Å². The van der Waals surface area contributed by atoms with Crippen molar-refractivity contribution in [2.75, 3.05) is 5.73 Å². The average Bonchev–Trinajstić information content (AvgIpc) is 2.73. The summed E-state index contributed by atoms with van der Waals surface area (Å²) in [4.78, 5) is 17.6. The fourth-order valence-electron chi connectivity index (χ4n) is 3.27. The molecule has 2 N–H and O–H groups in total. The third kappa shape index (κ3) is 4.37. The first-order valence-electron chi connectivity index (χ1n) is 9.43. The molecule has 3 heterocycles. The second-order valence-corrected chi connectivity index (χ2v) is 7.15. The van der Waals surface area contributed by atoms with Crippen LogP contribution in [0.3, 0.4) is 0 Å². The molecule has 0 bridgehead atoms. The minimum absolute atomic E-state index is 0.143. The number of benzene rings is 1. The monoisotopic (exact) mass is 421 g/mol. The minimum atomic E-state index is -4.39. The topological polar surface area (TPSA) is 77.6 Å². The average molecular weight is 421 g/mol. The van der Waals surface area contributed by atoms with Crippen LogP contribution in [0.15, 0.2) is 60.9 Å². The van der Waals surface area contributed by atoms with E-state index in [0.717, 1.165) is 17.2 Å². The number of aromatic nitrogens is 4. The second kappa shape index (κ2) is 7.79. The molecule has 5 nitrogen and oxygen atoms in total. The molecule has 0 radical (unpaired) electrons. The first-order chi connectivity index (χ1) is 14.7. The van der Waals surface area contributed by atoms with Crippen molar-refractivity contribution in [2.24, 2.45) is 0 Å². The van der Waals surface area contributed by atoms with Gasteiger partial charge in [-0.3, -0.25) is 4.98 Å². The lowest BCUT2D eigenvalue weighted by Gasteiger charge is -2.12. The van der Waals surface area contributed by atoms with Crippen molar-refractivity contribution in [3.8, 4) is 33.9 Å². The Morgan fingerprint density at radius 3 is 2.23 bits per heavy atom. The molecule has 4 aromatic rings. The van der Waals surface area contributed by atoms with Crippen LogP contribution in [0.25, 0.3) is 33.9 Å². The van der Waals surface area contributed by atoms with Crippen molar-refractivity contribution in [3.05, 3.63) is 77.7 Å². The lowest BCUT2D eigenvalue weighted by atomic mass is 10.0. The Labute approximate surface area is 176 Å². The lowest BCUT2D eigenvalue weighted by Crippen LogP contribution is -2.07. The Morgan fingerprint density at radius 1 is 0.774 bits per heavy atom. The van der Waals surface area contributed by atoms with Gasteiger partial charge >= 0.3 is 6.18 Å². The van der Waals surface area contributed by atoms with Crippen LogP contribution < -0.4 is 5.73 Å². The van der Waals surface area contributed by atoms with Gasteiger partial charge in [-0.15, -0.1) is 0 Å². The summed E-state index contributed by atoms with van der Waals surface area (Å²) in [5, 5.41) is 0. The van der Waals surface area contributed by atoms with Crippen molar-refractivity contribution in [3.63, 3.8) is 0 Å². The molecule has 8 heteroatoms. The third-order valence-electron chi connectivity index (χ3n) is 4.78. The van der Waals surface area contributed by atoms with Crippen LogP contribution in [0, 0.1) is 13.8 Å². The maximum atomic E-state index is 13.1. The number of halogens is 3. The van der Waals surface area contributed by atoms with Crippen molar-refractivity contribution in [2.45, 2.75) is 20.0 Å². The third-order valence-corrected chi connectivity index (χ3v) is 4.78. The zero-order chi connectivity index (χ0) is 22.2. The van der Waals surface area contributed by atoms with Crippen LogP contribution in [-0.4, -0.2) is 19.9 Å². The van der Waals surface area contributed by atoms with E-state index >= 15 is 0 Å². The Kier molecular flexibility index (Phi) is 5.14. The van der Waals surface area contributed by atoms with Gasteiger partial charge in [-0.05, 0) is 61.9 Å². The van der Waals surface area contributed by atoms with E-state index in [1.54, 1.807) is 30.6 Å². The Hall–Kier alpha value is -3.81. The van der Waals surface area contributed by atoms with Gasteiger partial charge in [-0.1, -0.05) is 6.07 Å². The highest BCUT2D eigenvalue weighted by molar-refractivity contribution is 5.69. The standard InChI is InChI=1S/C23H18F3N5/c1-13-9-15(3-5-18(13)23(24,25)26)20-10-14(2)30-22(31-20)16-7-8-28-19(11-16)17-4-6-21(27)29-12-17/h3-12H,1-2H3,(H2,27,29). The van der Waals surface area contributed by atoms with Gasteiger partial charge in [0.25, 0.3) is 0 Å². The van der Waals surface area contributed by atoms with Crippen LogP contribution in [0.2, 0.25) is 0 Å². The van der Waals surface area contributed by atoms with Crippen molar-refractivity contribution in [1.82, 2.24) is 19.9 Å². The number of pyridine rings is 2. The van der Waals surface area contributed by atoms with E-state index in [2.05, 4.69) is 19.9 Å². The largest absolute Gasteiger partial charge is 0.416 e. The molecule has 3 aromatic heterocycles. The van der Waals surface area contributed by atoms with Crippen LogP contribution in [-0.2, 0) is 6.18 Å². The van der Waals surface area contributed by atoms with E-state index in [1.807, 2.05) is 19.1 Å². The molecule has 0 atom stereocenters. The van der Waals surface area contributed by atoms with Crippen LogP contribution >= 0.6 is 0 Å². The highest BCUT2D eigenvalue weighted by Crippen LogP contribution is 2.34. The zero-order valence-electron chi connectivity index (χ0n) is 16.8. The number of alkyl halides is 3. The summed E-state index contributed by atoms with van der Waals surface area (Å²) in [6, 6.07) is 12.9. The molecular weight excluding hydrogens is 403 g/mol. The Morgan fingerprint density at radius 2 is 1.55 bits per heavy atom. The zero-order valence-corrected chi connectivity index (χ0v) is 16.8. The fraction of sp³-hybridized carbons (Fsp3) is 0.130. The molecule has 0 spiro atoms. The number of anilines is 1. The summed E-state index contributed by atoms with van der Waals surface area (Å²) in [5.41, 5.74) is 9.18. The molecule has 0 saturated heterocycles. The van der Waals surface area contributed by atoms with Crippen molar-refractivity contribution in [1.29, 1.82) is 0 Å². The molecule has 0 amide bonds. The van der Waals surface area contributed by atoms with E-state index in [4.69, 9.17) is 5.73 Å². The Bertz CT molecular complexity index is 1250. The summed E-state index contributed by atoms with van der Waals surface area (Å²) in [6.45, 7) is 3.26. The Balaban J connectivity index is 1.75. The van der Waals surface area contributed by atoms with E-state index < -0.39 is 11.7 Å². The fourth-order valence-corrected chi connectivity index (χ4v) is 3.27. The second-order valence-electron chi connectivity index (χ2n) is 7.15. The summed E-state index contributed by atoms with van der Waals surface area (Å²) in [5.74, 6) is 0.873. The number of hydrogen-bond acceptors (Lipinski definition) is 5. The molecule has 0 aliphatic heterocycles. The molecule has 156 valence electrons. The van der Waals surface area contributed by atoms with Crippen LogP contribution in [0.1, 0.15) is 16.8 Å². The number of aryl methyl sites for hydroxylation is 2. The number of nitrogen functional groups attached to an aromatic ring is 1. The van der Waals surface area contributed by atoms with Gasteiger partial charge in [0, 0.05) is 34.8 Å². The van der Waals surface area contributed by atoms with Crippen LogP contribution in [0.4, 0.5) is 19.0 Å². The van der Waals surface area contributed by atoms with Gasteiger partial charge < -0.3 is 5.73 Å². The first kappa shape index (κ1) is 20.5. The highest BCUT2D eigenvalue weighted by atomic mass is 19.4. The van der Waals surface area contributed by atoms with E-state index in [1.165, 1.54) is 19.1 Å². The highest BCUT2D eigenvalue weighted by Gasteiger charge is 2.32. The number of nitrogens with two attached hydrogens (primary N) is 1. The van der Waals surface area contributed by atoms with E-state index in [0.29, 0.717) is 34.3 Å². The molecule has 0 aliphatic carbocycles. The summed E-state index contributed by atoms with van der Waals surface area (Å²) in [7, 11) is 0. The molecule has 0 fully saturated rings. The molecule has 0 unspecified atom stereocenters. The molecule has 4 rings (SSSR count). The normalized spacial score (nSPS) is 11.5. The van der Waals surface area contributed by atoms with E-state index in [-0.39, 0.29) is 5.56 Å². The summed E-state index contributed by atoms with van der Waals surface area (Å²) in [6.07, 6.45) is -1.11. The van der Waals surface area contributed by atoms with Gasteiger partial charge in [0.05, 0.1) is 17.0 Å². The molecular formula is C23H18F3N5. The van der Waals surface area contributed by atoms with Crippen molar-refractivity contribution < 1.29 is 13.2 Å². The lowest BCUT2D eigenvalue weighted by molar-refractivity contribution is -0.138. The number of nitrogens with zero attached hydrogens (tertiary/aromatic N) is 4. The van der Waals surface area contributed by atoms with Gasteiger partial charge in [0.15, 0.2) is 5.82 Å². The smallest absolute Gasteiger partial charge is 0.384 e. The van der Waals surface area contributed by atoms with Gasteiger partial charge in [-0.2, -0.15) is 13.2 Å². The predicted molar refractivity (Wildman–Crippen MR) is 113 cm³/mol. The van der Waals surface area contributed by atoms with Crippen LogP contribution in [0.5, 0.6) is 0 Å². The maximum absolute atomic E-state index is 13.1. The SMILES string of the molecule is Cc1cc(-c2ccc(C(F)(F)F)c(C)c2)nc(-c2ccnc(-c3ccc(N)nc3)c2)n1. The molecule has 31 heavy (non-hydrogen) atoms. The van der Waals surface area contributed by atoms with Gasteiger partial charge in [0.1, 0.15) is 5.82 Å². The predicted octanol–water partition coefficient (Wildman–Crippen LogP) is 5.49. The molecule has 1 aromatic carbocycles. The number of hydrogen-bond donors (Lipinski definition) is 1. The quantitative estimate of drug-likeness (QED) is 0.474. The summed E-state index contributed by atoms with van der Waals surface area (Å²) >= 11 is 0. The molecule has 0 saturated carbocycles. The van der Waals surface area contributed by atoms with Gasteiger partial charge in [-0.25, -0.2) is 15.0 Å². The molecule has 0 aliphatic rings. The number of rotatable bonds is 3. The summed E-state index contributed by atoms with van der Waals surface area (Å²) < 4.78 is 39.3.